The summed E-state index contributed by atoms with van der Waals surface area (Å²) in [5, 5.41) is 30.9. The number of nitrogens with one attached hydrogen (secondary N) is 1. The van der Waals surface area contributed by atoms with Gasteiger partial charge in [-0.15, -0.1) is 0 Å². The molecular formula is C16H10Br2N2O3. The van der Waals surface area contributed by atoms with E-state index in [1.807, 2.05) is 0 Å². The van der Waals surface area contributed by atoms with E-state index in [0.29, 0.717) is 20.2 Å². The van der Waals surface area contributed by atoms with Gasteiger partial charge in [-0.1, -0.05) is 15.9 Å². The van der Waals surface area contributed by atoms with E-state index in [1.54, 1.807) is 18.2 Å². The fraction of sp³-hybridized carbons (Fsp3) is 0. The van der Waals surface area contributed by atoms with Gasteiger partial charge in [0.1, 0.15) is 23.1 Å². The van der Waals surface area contributed by atoms with Gasteiger partial charge >= 0.3 is 0 Å². The first kappa shape index (κ1) is 17.1. The Morgan fingerprint density at radius 3 is 2.43 bits per heavy atom. The van der Waals surface area contributed by atoms with Crippen LogP contribution in [0.3, 0.4) is 0 Å². The number of halogens is 2. The largest absolute Gasteiger partial charge is 0.508 e. The van der Waals surface area contributed by atoms with Crippen LogP contribution >= 0.6 is 31.9 Å². The Bertz CT molecular complexity index is 824. The Kier molecular flexibility index (Phi) is 5.42. The van der Waals surface area contributed by atoms with E-state index < -0.39 is 5.91 Å². The highest BCUT2D eigenvalue weighted by molar-refractivity contribution is 9.11. The van der Waals surface area contributed by atoms with Crippen LogP contribution in [0.1, 0.15) is 5.56 Å². The van der Waals surface area contributed by atoms with Crippen LogP contribution < -0.4 is 5.32 Å². The van der Waals surface area contributed by atoms with E-state index in [0.717, 1.165) is 0 Å². The molecule has 0 saturated heterocycles. The molecule has 0 fully saturated rings. The first-order valence-electron chi connectivity index (χ1n) is 6.31. The van der Waals surface area contributed by atoms with Crippen molar-refractivity contribution >= 4 is 49.5 Å². The topological polar surface area (TPSA) is 93.3 Å². The van der Waals surface area contributed by atoms with Crippen LogP contribution in [0.4, 0.5) is 5.69 Å². The van der Waals surface area contributed by atoms with Crippen molar-refractivity contribution in [1.29, 1.82) is 5.26 Å². The summed E-state index contributed by atoms with van der Waals surface area (Å²) < 4.78 is 1.12. The highest BCUT2D eigenvalue weighted by Gasteiger charge is 2.12. The number of benzene rings is 2. The minimum absolute atomic E-state index is 0.0709. The number of aromatic hydroxyl groups is 2. The van der Waals surface area contributed by atoms with Gasteiger partial charge in [0.2, 0.25) is 0 Å². The van der Waals surface area contributed by atoms with Crippen LogP contribution in [-0.4, -0.2) is 16.1 Å². The minimum atomic E-state index is -0.617. The Morgan fingerprint density at radius 1 is 1.17 bits per heavy atom. The van der Waals surface area contributed by atoms with Crippen LogP contribution in [0.25, 0.3) is 6.08 Å². The molecule has 2 aromatic rings. The Labute approximate surface area is 149 Å². The maximum Gasteiger partial charge on any atom is 0.266 e. The van der Waals surface area contributed by atoms with Gasteiger partial charge in [0.15, 0.2) is 0 Å². The molecule has 2 rings (SSSR count). The molecule has 2 aromatic carbocycles. The lowest BCUT2D eigenvalue weighted by Crippen LogP contribution is -2.13. The zero-order valence-electron chi connectivity index (χ0n) is 11.5. The maximum atomic E-state index is 12.1. The third-order valence-electron chi connectivity index (χ3n) is 2.85. The Balaban J connectivity index is 2.30. The lowest BCUT2D eigenvalue weighted by Gasteiger charge is -2.06. The number of phenols is 2. The van der Waals surface area contributed by atoms with Gasteiger partial charge in [-0.3, -0.25) is 4.79 Å². The van der Waals surface area contributed by atoms with Crippen LogP contribution in [-0.2, 0) is 4.79 Å². The van der Waals surface area contributed by atoms with Gasteiger partial charge in [0.25, 0.3) is 5.91 Å². The molecule has 0 aliphatic carbocycles. The molecule has 23 heavy (non-hydrogen) atoms. The molecular weight excluding hydrogens is 428 g/mol. The molecule has 0 radical (unpaired) electrons. The van der Waals surface area contributed by atoms with Crippen LogP contribution in [0, 0.1) is 11.3 Å². The summed E-state index contributed by atoms with van der Waals surface area (Å²) in [4.78, 5) is 12.1. The minimum Gasteiger partial charge on any atom is -0.508 e. The molecule has 0 spiro atoms. The summed E-state index contributed by atoms with van der Waals surface area (Å²) in [6, 6.07) is 10.9. The van der Waals surface area contributed by atoms with Crippen LogP contribution in [0.5, 0.6) is 11.5 Å². The molecule has 0 aliphatic heterocycles. The van der Waals surface area contributed by atoms with E-state index in [1.165, 1.54) is 30.3 Å². The highest BCUT2D eigenvalue weighted by Crippen LogP contribution is 2.33. The van der Waals surface area contributed by atoms with Crippen molar-refractivity contribution in [2.75, 3.05) is 5.32 Å². The smallest absolute Gasteiger partial charge is 0.266 e. The van der Waals surface area contributed by atoms with E-state index in [9.17, 15) is 20.3 Å². The Hall–Kier alpha value is -2.30. The lowest BCUT2D eigenvalue weighted by atomic mass is 10.1. The number of rotatable bonds is 3. The van der Waals surface area contributed by atoms with Crippen LogP contribution in [0.15, 0.2) is 50.9 Å². The van der Waals surface area contributed by atoms with E-state index in [2.05, 4.69) is 37.2 Å². The van der Waals surface area contributed by atoms with Crippen molar-refractivity contribution in [1.82, 2.24) is 0 Å². The number of hydrogen-bond acceptors (Lipinski definition) is 4. The van der Waals surface area contributed by atoms with Crippen molar-refractivity contribution < 1.29 is 15.0 Å². The number of nitriles is 1. The van der Waals surface area contributed by atoms with Gasteiger partial charge < -0.3 is 15.5 Å². The molecule has 0 saturated carbocycles. The van der Waals surface area contributed by atoms with E-state index in [4.69, 9.17) is 0 Å². The third-order valence-corrected chi connectivity index (χ3v) is 3.91. The first-order chi connectivity index (χ1) is 10.9. The van der Waals surface area contributed by atoms with Gasteiger partial charge in [-0.25, -0.2) is 0 Å². The normalized spacial score (nSPS) is 10.9. The van der Waals surface area contributed by atoms with Gasteiger partial charge in [0, 0.05) is 15.7 Å². The molecule has 3 N–H and O–H groups in total. The SMILES string of the molecule is N#C/C(=C/c1cc(Br)cc(Br)c1O)C(=O)Nc1ccc(O)cc1. The quantitative estimate of drug-likeness (QED) is 0.381. The predicted octanol–water partition coefficient (Wildman–Crippen LogP) is 4.17. The average molecular weight is 438 g/mol. The first-order valence-corrected chi connectivity index (χ1v) is 7.89. The number of phenolic OH excluding ortho intramolecular Hbond substituents is 2. The molecule has 0 aromatic heterocycles. The molecule has 0 heterocycles. The van der Waals surface area contributed by atoms with Crippen molar-refractivity contribution in [3.05, 3.63) is 56.5 Å². The van der Waals surface area contributed by atoms with Crippen molar-refractivity contribution in [3.63, 3.8) is 0 Å². The highest BCUT2D eigenvalue weighted by atomic mass is 79.9. The summed E-state index contributed by atoms with van der Waals surface area (Å²) in [6.45, 7) is 0. The van der Waals surface area contributed by atoms with Gasteiger partial charge in [0.05, 0.1) is 4.47 Å². The maximum absolute atomic E-state index is 12.1. The van der Waals surface area contributed by atoms with Gasteiger partial charge in [-0.2, -0.15) is 5.26 Å². The number of nitrogens with zero attached hydrogens (tertiary/aromatic N) is 1. The predicted molar refractivity (Wildman–Crippen MR) is 93.8 cm³/mol. The fourth-order valence-corrected chi connectivity index (χ4v) is 3.00. The number of amides is 1. The molecule has 0 bridgehead atoms. The zero-order valence-corrected chi connectivity index (χ0v) is 14.7. The second-order valence-electron chi connectivity index (χ2n) is 4.50. The summed E-state index contributed by atoms with van der Waals surface area (Å²) >= 11 is 6.47. The van der Waals surface area contributed by atoms with Crippen molar-refractivity contribution in [3.8, 4) is 17.6 Å². The molecule has 116 valence electrons. The monoisotopic (exact) mass is 436 g/mol. The molecule has 0 aliphatic rings. The fourth-order valence-electron chi connectivity index (χ4n) is 1.74. The summed E-state index contributed by atoms with van der Waals surface area (Å²) in [6.07, 6.45) is 1.29. The lowest BCUT2D eigenvalue weighted by molar-refractivity contribution is -0.112. The summed E-state index contributed by atoms with van der Waals surface area (Å²) in [5.41, 5.74) is 0.593. The van der Waals surface area contributed by atoms with Crippen LogP contribution in [0.2, 0.25) is 0 Å². The second kappa shape index (κ2) is 7.31. The molecule has 0 atom stereocenters. The summed E-state index contributed by atoms with van der Waals surface area (Å²) in [5.74, 6) is -0.616. The Morgan fingerprint density at radius 2 is 1.83 bits per heavy atom. The number of carbonyl (C=O) groups excluding carboxylic acids is 1. The number of anilines is 1. The third kappa shape index (κ3) is 4.34. The van der Waals surface area contributed by atoms with Gasteiger partial charge in [-0.05, 0) is 58.4 Å². The van der Waals surface area contributed by atoms with Crippen molar-refractivity contribution in [2.45, 2.75) is 0 Å². The molecule has 5 nitrogen and oxygen atoms in total. The molecule has 7 heteroatoms. The molecule has 0 unspecified atom stereocenters. The zero-order chi connectivity index (χ0) is 17.0. The average Bonchev–Trinajstić information content (AvgIpc) is 2.51. The standard InChI is InChI=1S/C16H10Br2N2O3/c17-11-6-9(15(22)14(18)7-11)5-10(8-19)16(23)20-12-1-3-13(21)4-2-12/h1-7,21-22H,(H,20,23)/b10-5-. The van der Waals surface area contributed by atoms with E-state index >= 15 is 0 Å². The number of hydrogen-bond donors (Lipinski definition) is 3. The van der Waals surface area contributed by atoms with Crippen molar-refractivity contribution in [2.24, 2.45) is 0 Å². The van der Waals surface area contributed by atoms with E-state index in [-0.39, 0.29) is 17.1 Å². The summed E-state index contributed by atoms with van der Waals surface area (Å²) in [7, 11) is 0. The molecule has 1 amide bonds. The number of carbonyl (C=O) groups is 1. The second-order valence-corrected chi connectivity index (χ2v) is 6.27.